The number of ketones is 1. The summed E-state index contributed by atoms with van der Waals surface area (Å²) in [6, 6.07) is 6.79. The lowest BCUT2D eigenvalue weighted by Gasteiger charge is -2.30. The van der Waals surface area contributed by atoms with E-state index in [2.05, 4.69) is 0 Å². The minimum Gasteiger partial charge on any atom is -0.404 e. The fourth-order valence-electron chi connectivity index (χ4n) is 3.77. The smallest absolute Gasteiger partial charge is 0.404 e. The highest BCUT2D eigenvalue weighted by atomic mass is 31.2. The van der Waals surface area contributed by atoms with E-state index in [0.29, 0.717) is 18.8 Å². The number of benzene rings is 1. The van der Waals surface area contributed by atoms with Gasteiger partial charge in [-0.15, -0.1) is 0 Å². The van der Waals surface area contributed by atoms with Crippen LogP contribution >= 0.6 is 7.82 Å². The minimum atomic E-state index is -4.05. The Hall–Kier alpha value is -2.14. The first kappa shape index (κ1) is 24.0. The lowest BCUT2D eigenvalue weighted by Crippen LogP contribution is -2.40. The maximum absolute atomic E-state index is 13.7. The maximum atomic E-state index is 13.7. The first-order chi connectivity index (χ1) is 15.8. The van der Waals surface area contributed by atoms with Crippen molar-refractivity contribution in [2.24, 2.45) is 0 Å². The van der Waals surface area contributed by atoms with E-state index in [0.717, 1.165) is 11.1 Å². The monoisotopic (exact) mass is 485 g/mol. The second-order valence-electron chi connectivity index (χ2n) is 7.50. The van der Waals surface area contributed by atoms with Gasteiger partial charge in [-0.3, -0.25) is 23.5 Å². The molecule has 3 aliphatic rings. The van der Waals surface area contributed by atoms with Gasteiger partial charge < -0.3 is 18.7 Å². The predicted molar refractivity (Wildman–Crippen MR) is 110 cm³/mol. The van der Waals surface area contributed by atoms with Gasteiger partial charge in [-0.2, -0.15) is 0 Å². The van der Waals surface area contributed by atoms with Gasteiger partial charge in [0.25, 0.3) is 0 Å². The zero-order valence-corrected chi connectivity index (χ0v) is 19.1. The lowest BCUT2D eigenvalue weighted by atomic mass is 10.1. The summed E-state index contributed by atoms with van der Waals surface area (Å²) in [5.74, 6) is -2.26. The maximum Gasteiger partial charge on any atom is 0.530 e. The molecule has 12 heteroatoms. The predicted octanol–water partition coefficient (Wildman–Crippen LogP) is 3.39. The van der Waals surface area contributed by atoms with Gasteiger partial charge in [-0.1, -0.05) is 18.2 Å². The zero-order valence-electron chi connectivity index (χ0n) is 18.2. The molecule has 10 nitrogen and oxygen atoms in total. The number of halogens is 1. The average molecular weight is 485 g/mol. The molecule has 1 unspecified atom stereocenters. The van der Waals surface area contributed by atoms with Crippen molar-refractivity contribution in [3.63, 3.8) is 0 Å². The summed E-state index contributed by atoms with van der Waals surface area (Å²) in [7, 11) is -4.05. The van der Waals surface area contributed by atoms with Crippen LogP contribution in [0.5, 0.6) is 5.75 Å². The number of rotatable bonds is 8. The molecular formula is C21H25FNO9P. The van der Waals surface area contributed by atoms with Crippen molar-refractivity contribution < 1.29 is 46.3 Å². The number of fused-ring (bicyclic) bond motifs is 1. The molecule has 1 aromatic rings. The quantitative estimate of drug-likeness (QED) is 0.311. The van der Waals surface area contributed by atoms with Crippen LogP contribution in [0.2, 0.25) is 0 Å². The number of hydrogen-bond acceptors (Lipinski definition) is 9. The van der Waals surface area contributed by atoms with Crippen molar-refractivity contribution in [3.8, 4) is 5.75 Å². The van der Waals surface area contributed by atoms with Crippen LogP contribution < -0.4 is 4.52 Å². The van der Waals surface area contributed by atoms with E-state index in [9.17, 15) is 18.5 Å². The van der Waals surface area contributed by atoms with E-state index in [-0.39, 0.29) is 18.8 Å². The van der Waals surface area contributed by atoms with Crippen molar-refractivity contribution in [2.45, 2.75) is 51.4 Å². The third kappa shape index (κ3) is 5.18. The Balaban J connectivity index is 1.47. The highest BCUT2D eigenvalue weighted by Gasteiger charge is 2.50. The minimum absolute atomic E-state index is 0.104. The van der Waals surface area contributed by atoms with Crippen LogP contribution in [0, 0.1) is 0 Å². The van der Waals surface area contributed by atoms with E-state index in [1.54, 1.807) is 24.3 Å². The van der Waals surface area contributed by atoms with Gasteiger partial charge in [0.1, 0.15) is 24.2 Å². The molecule has 1 aromatic carbocycles. The molecule has 0 radical (unpaired) electrons. The first-order valence-electron chi connectivity index (χ1n) is 10.7. The van der Waals surface area contributed by atoms with Gasteiger partial charge in [0.15, 0.2) is 12.1 Å². The van der Waals surface area contributed by atoms with Crippen molar-refractivity contribution in [1.82, 2.24) is 4.90 Å². The summed E-state index contributed by atoms with van der Waals surface area (Å²) in [5, 5.41) is 0. The number of allylic oxidation sites excluding steroid dienone is 1. The number of hydrogen-bond donors (Lipinski definition) is 0. The Bertz CT molecular complexity index is 980. The molecule has 3 heterocycles. The Labute approximate surface area is 190 Å². The standard InChI is InChI=1S/C21H25FNO9P/c1-3-27-21(28-4-2)13-7-5-6-8-16(13)31-33(26)29-12-18-17(32-33)10-20(30-18)23-11-14(22)15(24)9-19(23)25/h5-8,11,17-18,20-21H,3-4,9-10,12H2,1-2H3/t17-,18+,20+,33?/m0/s1. The van der Waals surface area contributed by atoms with Crippen LogP contribution in [0.4, 0.5) is 4.39 Å². The molecule has 0 N–H and O–H groups in total. The van der Waals surface area contributed by atoms with E-state index in [1.807, 2.05) is 13.8 Å². The SMILES string of the molecule is CCOC(OCC)c1ccccc1OP1(=O)OC[C@H]2O[C@@H](N3C=C(F)C(=O)CC3=O)C[C@@H]2O1. The summed E-state index contributed by atoms with van der Waals surface area (Å²) >= 11 is 0. The van der Waals surface area contributed by atoms with Crippen LogP contribution in [-0.2, 0) is 37.4 Å². The molecule has 2 fully saturated rings. The van der Waals surface area contributed by atoms with E-state index >= 15 is 0 Å². The highest BCUT2D eigenvalue weighted by molar-refractivity contribution is 7.49. The first-order valence-corrected chi connectivity index (χ1v) is 12.1. The van der Waals surface area contributed by atoms with Crippen LogP contribution in [-0.4, -0.2) is 54.8 Å². The molecule has 0 aromatic heterocycles. The molecule has 180 valence electrons. The van der Waals surface area contributed by atoms with Gasteiger partial charge in [0.2, 0.25) is 11.7 Å². The number of nitrogens with zero attached hydrogens (tertiary/aromatic N) is 1. The fourth-order valence-corrected chi connectivity index (χ4v) is 5.22. The molecular weight excluding hydrogens is 460 g/mol. The van der Waals surface area contributed by atoms with E-state index in [1.165, 1.54) is 0 Å². The number of amides is 1. The second-order valence-corrected chi connectivity index (χ2v) is 9.05. The fraction of sp³-hybridized carbons (Fsp3) is 0.524. The summed E-state index contributed by atoms with van der Waals surface area (Å²) in [6.45, 7) is 4.31. The van der Waals surface area contributed by atoms with Crippen molar-refractivity contribution in [1.29, 1.82) is 0 Å². The number of ether oxygens (including phenoxy) is 3. The Morgan fingerprint density at radius 1 is 1.18 bits per heavy atom. The topological polar surface area (TPSA) is 110 Å². The van der Waals surface area contributed by atoms with Crippen LogP contribution in [0.25, 0.3) is 0 Å². The van der Waals surface area contributed by atoms with Gasteiger partial charge >= 0.3 is 7.82 Å². The van der Waals surface area contributed by atoms with Crippen LogP contribution in [0.15, 0.2) is 36.3 Å². The molecule has 1 amide bonds. The highest BCUT2D eigenvalue weighted by Crippen LogP contribution is 2.56. The van der Waals surface area contributed by atoms with Crippen LogP contribution in [0.1, 0.15) is 38.5 Å². The second kappa shape index (κ2) is 10.0. The van der Waals surface area contributed by atoms with Crippen molar-refractivity contribution in [3.05, 3.63) is 41.9 Å². The summed E-state index contributed by atoms with van der Waals surface area (Å²) < 4.78 is 60.7. The molecule has 0 saturated carbocycles. The molecule has 4 rings (SSSR count). The normalized spacial score (nSPS) is 29.9. The van der Waals surface area contributed by atoms with Gasteiger partial charge in [0.05, 0.1) is 18.6 Å². The molecule has 0 spiro atoms. The average Bonchev–Trinajstić information content (AvgIpc) is 3.19. The number of carbonyl (C=O) groups excluding carboxylic acids is 2. The number of phosphoric ester groups is 1. The van der Waals surface area contributed by atoms with Gasteiger partial charge in [-0.25, -0.2) is 8.96 Å². The largest absolute Gasteiger partial charge is 0.530 e. The van der Waals surface area contributed by atoms with Crippen molar-refractivity contribution in [2.75, 3.05) is 19.8 Å². The van der Waals surface area contributed by atoms with Crippen LogP contribution in [0.3, 0.4) is 0 Å². The van der Waals surface area contributed by atoms with Crippen molar-refractivity contribution >= 4 is 19.5 Å². The zero-order chi connectivity index (χ0) is 23.6. The summed E-state index contributed by atoms with van der Waals surface area (Å²) in [6.07, 6.45) is -2.62. The summed E-state index contributed by atoms with van der Waals surface area (Å²) in [5.41, 5.74) is 0.524. The molecule has 4 atom stereocenters. The number of para-hydroxylation sites is 1. The third-order valence-electron chi connectivity index (χ3n) is 5.29. The number of phosphoric acid groups is 1. The molecule has 3 aliphatic heterocycles. The van der Waals surface area contributed by atoms with Gasteiger partial charge in [0, 0.05) is 25.8 Å². The van der Waals surface area contributed by atoms with E-state index in [4.69, 9.17) is 27.8 Å². The van der Waals surface area contributed by atoms with E-state index < -0.39 is 56.5 Å². The van der Waals surface area contributed by atoms with Gasteiger partial charge in [-0.05, 0) is 19.9 Å². The Kier molecular flexibility index (Phi) is 7.28. The Morgan fingerprint density at radius 3 is 2.64 bits per heavy atom. The molecule has 33 heavy (non-hydrogen) atoms. The molecule has 2 saturated heterocycles. The molecule has 0 aliphatic carbocycles. The Morgan fingerprint density at radius 2 is 1.91 bits per heavy atom. The molecule has 0 bridgehead atoms. The lowest BCUT2D eigenvalue weighted by molar-refractivity contribution is -0.146. The summed E-state index contributed by atoms with van der Waals surface area (Å²) in [4.78, 5) is 24.6. The third-order valence-corrected chi connectivity index (χ3v) is 6.70. The number of Topliss-reactive ketones (excluding diaryl/α,β-unsaturated/α-hetero) is 1. The number of carbonyl (C=O) groups is 2.